The molecule has 0 aliphatic carbocycles. The lowest BCUT2D eigenvalue weighted by molar-refractivity contribution is -0.121. The van der Waals surface area contributed by atoms with Crippen molar-refractivity contribution in [2.75, 3.05) is 37.6 Å². The third kappa shape index (κ3) is 3.71. The van der Waals surface area contributed by atoms with Crippen LogP contribution in [0, 0.1) is 0 Å². The molecule has 3 aromatic rings. The number of rotatable bonds is 4. The predicted octanol–water partition coefficient (Wildman–Crippen LogP) is 2.50. The van der Waals surface area contributed by atoms with Crippen molar-refractivity contribution in [1.29, 1.82) is 0 Å². The van der Waals surface area contributed by atoms with Crippen LogP contribution in [0.3, 0.4) is 0 Å². The first kappa shape index (κ1) is 20.5. The number of anilines is 1. The van der Waals surface area contributed by atoms with Crippen LogP contribution in [0.1, 0.15) is 17.0 Å². The topological polar surface area (TPSA) is 81.9 Å². The lowest BCUT2D eigenvalue weighted by atomic mass is 10.0. The molecule has 32 heavy (non-hydrogen) atoms. The van der Waals surface area contributed by atoms with Gasteiger partial charge in [-0.3, -0.25) is 14.7 Å². The van der Waals surface area contributed by atoms with Crippen LogP contribution in [0.2, 0.25) is 0 Å². The summed E-state index contributed by atoms with van der Waals surface area (Å²) < 4.78 is 2.08. The van der Waals surface area contributed by atoms with E-state index in [1.165, 1.54) is 10.5 Å². The molecule has 0 atom stereocenters. The minimum absolute atomic E-state index is 0.104. The van der Waals surface area contributed by atoms with Crippen molar-refractivity contribution < 1.29 is 14.7 Å². The Morgan fingerprint density at radius 1 is 1.12 bits per heavy atom. The van der Waals surface area contributed by atoms with Gasteiger partial charge in [-0.05, 0) is 36.2 Å². The molecule has 0 radical (unpaired) electrons. The number of fused-ring (bicyclic) bond motifs is 3. The van der Waals surface area contributed by atoms with Crippen molar-refractivity contribution >= 4 is 28.6 Å². The molecule has 0 saturated carbocycles. The highest BCUT2D eigenvalue weighted by molar-refractivity contribution is 5.98. The van der Waals surface area contributed by atoms with Crippen LogP contribution in [0.25, 0.3) is 10.9 Å². The molecule has 1 N–H and O–H groups in total. The van der Waals surface area contributed by atoms with Gasteiger partial charge in [0.25, 0.3) is 0 Å². The van der Waals surface area contributed by atoms with E-state index in [0.717, 1.165) is 47.5 Å². The van der Waals surface area contributed by atoms with Gasteiger partial charge in [0, 0.05) is 68.3 Å². The molecule has 1 saturated heterocycles. The Morgan fingerprint density at radius 2 is 2.00 bits per heavy atom. The lowest BCUT2D eigenvalue weighted by Crippen LogP contribution is -2.50. The van der Waals surface area contributed by atoms with E-state index in [9.17, 15) is 14.7 Å². The Bertz CT molecular complexity index is 1170. The van der Waals surface area contributed by atoms with E-state index in [2.05, 4.69) is 26.6 Å². The molecule has 2 aliphatic rings. The van der Waals surface area contributed by atoms with Crippen LogP contribution in [-0.4, -0.2) is 69.2 Å². The summed E-state index contributed by atoms with van der Waals surface area (Å²) in [6.07, 6.45) is 2.47. The van der Waals surface area contributed by atoms with Crippen LogP contribution in [-0.2, 0) is 31.2 Å². The molecule has 5 rings (SSSR count). The number of aromatic nitrogens is 2. The summed E-state index contributed by atoms with van der Waals surface area (Å²) in [5.41, 5.74) is 5.25. The maximum absolute atomic E-state index is 12.9. The van der Waals surface area contributed by atoms with Crippen LogP contribution in [0.4, 0.5) is 10.5 Å². The number of hydrogen-bond donors (Lipinski definition) is 1. The summed E-state index contributed by atoms with van der Waals surface area (Å²) in [6, 6.07) is 12.1. The van der Waals surface area contributed by atoms with E-state index >= 15 is 0 Å². The van der Waals surface area contributed by atoms with Crippen molar-refractivity contribution in [3.63, 3.8) is 0 Å². The number of amides is 2. The number of carboxylic acid groups (broad SMARTS) is 1. The van der Waals surface area contributed by atoms with Gasteiger partial charge in [0.15, 0.2) is 0 Å². The average Bonchev–Trinajstić information content (AvgIpc) is 3.09. The molecule has 2 aliphatic heterocycles. The fraction of sp³-hybridized carbons (Fsp3) is 0.375. The van der Waals surface area contributed by atoms with Crippen LogP contribution >= 0.6 is 0 Å². The second-order valence-corrected chi connectivity index (χ2v) is 8.53. The molecule has 166 valence electrons. The number of carbonyl (C=O) groups excluding carboxylic acids is 1. The number of benzene rings is 1. The molecular formula is C24H27N5O3. The van der Waals surface area contributed by atoms with Crippen molar-refractivity contribution in [3.8, 4) is 0 Å². The number of carbonyl (C=O) groups is 2. The summed E-state index contributed by atoms with van der Waals surface area (Å²) in [7, 11) is 1.98. The van der Waals surface area contributed by atoms with Crippen LogP contribution in [0.5, 0.6) is 0 Å². The first-order valence-electron chi connectivity index (χ1n) is 11.0. The normalized spacial score (nSPS) is 17.1. The third-order valence-corrected chi connectivity index (χ3v) is 6.69. The Labute approximate surface area is 186 Å². The molecular weight excluding hydrogens is 406 g/mol. The molecule has 4 heterocycles. The Morgan fingerprint density at radius 3 is 2.75 bits per heavy atom. The van der Waals surface area contributed by atoms with Crippen LogP contribution < -0.4 is 4.90 Å². The van der Waals surface area contributed by atoms with Gasteiger partial charge in [-0.1, -0.05) is 12.1 Å². The zero-order chi connectivity index (χ0) is 22.2. The molecule has 1 aromatic carbocycles. The average molecular weight is 434 g/mol. The first-order chi connectivity index (χ1) is 15.5. The van der Waals surface area contributed by atoms with E-state index in [0.29, 0.717) is 32.6 Å². The summed E-state index contributed by atoms with van der Waals surface area (Å²) in [4.78, 5) is 34.2. The predicted molar refractivity (Wildman–Crippen MR) is 122 cm³/mol. The standard InChI is InChI=1S/C24H27N5O3/c1-26-21-14-18(5-6-19(21)20-8-11-28(24(31)32)15-22(20)26)29-13-12-27(16-23(29)30)10-7-17-4-2-3-9-25-17/h2-6,9,14H,7-8,10-13,15-16H2,1H3,(H,31,32). The van der Waals surface area contributed by atoms with Gasteiger partial charge in [-0.15, -0.1) is 0 Å². The Balaban J connectivity index is 1.32. The monoisotopic (exact) mass is 433 g/mol. The minimum atomic E-state index is -0.881. The molecule has 0 bridgehead atoms. The SMILES string of the molecule is Cn1c2c(c3ccc(N4CCN(CCc5ccccn5)CC4=O)cc31)CCN(C(=O)O)C2. The van der Waals surface area contributed by atoms with Crippen molar-refractivity contribution in [2.45, 2.75) is 19.4 Å². The van der Waals surface area contributed by atoms with Gasteiger partial charge in [-0.2, -0.15) is 0 Å². The third-order valence-electron chi connectivity index (χ3n) is 6.69. The largest absolute Gasteiger partial charge is 0.465 e. The summed E-state index contributed by atoms with van der Waals surface area (Å²) in [5, 5.41) is 10.5. The van der Waals surface area contributed by atoms with Gasteiger partial charge in [0.1, 0.15) is 0 Å². The highest BCUT2D eigenvalue weighted by Crippen LogP contribution is 2.33. The molecule has 2 amide bonds. The number of nitrogens with zero attached hydrogens (tertiary/aromatic N) is 5. The van der Waals surface area contributed by atoms with Gasteiger partial charge in [-0.25, -0.2) is 4.79 Å². The van der Waals surface area contributed by atoms with Crippen molar-refractivity contribution in [2.24, 2.45) is 7.05 Å². The summed E-state index contributed by atoms with van der Waals surface area (Å²) >= 11 is 0. The smallest absolute Gasteiger partial charge is 0.407 e. The highest BCUT2D eigenvalue weighted by Gasteiger charge is 2.28. The molecule has 0 spiro atoms. The molecule has 8 heteroatoms. The molecule has 2 aromatic heterocycles. The zero-order valence-corrected chi connectivity index (χ0v) is 18.2. The van der Waals surface area contributed by atoms with E-state index in [1.807, 2.05) is 36.2 Å². The first-order valence-corrected chi connectivity index (χ1v) is 11.0. The minimum Gasteiger partial charge on any atom is -0.465 e. The van der Waals surface area contributed by atoms with Crippen molar-refractivity contribution in [1.82, 2.24) is 19.4 Å². The maximum atomic E-state index is 12.9. The second kappa shape index (κ2) is 8.27. The Hall–Kier alpha value is -3.39. The van der Waals surface area contributed by atoms with E-state index < -0.39 is 6.09 Å². The number of piperazine rings is 1. The van der Waals surface area contributed by atoms with Gasteiger partial charge < -0.3 is 19.5 Å². The highest BCUT2D eigenvalue weighted by atomic mass is 16.4. The number of hydrogen-bond acceptors (Lipinski definition) is 4. The lowest BCUT2D eigenvalue weighted by Gasteiger charge is -2.34. The zero-order valence-electron chi connectivity index (χ0n) is 18.2. The van der Waals surface area contributed by atoms with Gasteiger partial charge in [0.05, 0.1) is 18.6 Å². The second-order valence-electron chi connectivity index (χ2n) is 8.53. The quantitative estimate of drug-likeness (QED) is 0.684. The molecule has 0 unspecified atom stereocenters. The van der Waals surface area contributed by atoms with E-state index in [4.69, 9.17) is 0 Å². The molecule has 1 fully saturated rings. The Kier molecular flexibility index (Phi) is 5.30. The van der Waals surface area contributed by atoms with E-state index in [1.54, 1.807) is 6.20 Å². The maximum Gasteiger partial charge on any atom is 0.407 e. The van der Waals surface area contributed by atoms with Crippen molar-refractivity contribution in [3.05, 3.63) is 59.5 Å². The summed E-state index contributed by atoms with van der Waals surface area (Å²) in [6.45, 7) is 3.63. The number of pyridine rings is 1. The number of aryl methyl sites for hydroxylation is 1. The fourth-order valence-corrected chi connectivity index (χ4v) is 4.88. The fourth-order valence-electron chi connectivity index (χ4n) is 4.88. The van der Waals surface area contributed by atoms with Crippen LogP contribution in [0.15, 0.2) is 42.6 Å². The van der Waals surface area contributed by atoms with Gasteiger partial charge in [0.2, 0.25) is 5.91 Å². The summed E-state index contributed by atoms with van der Waals surface area (Å²) in [5.74, 6) is 0.104. The van der Waals surface area contributed by atoms with Gasteiger partial charge >= 0.3 is 6.09 Å². The molecule has 8 nitrogen and oxygen atoms in total. The van der Waals surface area contributed by atoms with E-state index in [-0.39, 0.29) is 5.91 Å².